The van der Waals surface area contributed by atoms with Crippen molar-refractivity contribution in [2.45, 2.75) is 13.3 Å². The van der Waals surface area contributed by atoms with Crippen molar-refractivity contribution < 1.29 is 0 Å². The molecule has 0 atom stereocenters. The van der Waals surface area contributed by atoms with Crippen molar-refractivity contribution in [3.63, 3.8) is 0 Å². The number of aromatic amines is 1. The SMILES string of the molecule is CCc1cc[c][nH]1. The van der Waals surface area contributed by atoms with E-state index in [2.05, 4.69) is 18.1 Å². The fourth-order valence-electron chi connectivity index (χ4n) is 0.525. The Kier molecular flexibility index (Phi) is 1.16. The molecular weight excluding hydrogens is 86.1 g/mol. The van der Waals surface area contributed by atoms with Crippen LogP contribution < -0.4 is 0 Å². The molecule has 1 aromatic rings. The maximum atomic E-state index is 2.96. The Hall–Kier alpha value is -0.720. The number of H-pyrrole nitrogens is 1. The fourth-order valence-corrected chi connectivity index (χ4v) is 0.525. The molecule has 0 fully saturated rings. The van der Waals surface area contributed by atoms with Gasteiger partial charge in [-0.3, -0.25) is 0 Å². The minimum Gasteiger partial charge on any atom is -0.357 e. The van der Waals surface area contributed by atoms with Crippen LogP contribution in [0.25, 0.3) is 0 Å². The van der Waals surface area contributed by atoms with Gasteiger partial charge in [-0.2, -0.15) is 0 Å². The summed E-state index contributed by atoms with van der Waals surface area (Å²) >= 11 is 0. The van der Waals surface area contributed by atoms with Crippen LogP contribution in [0.5, 0.6) is 0 Å². The third kappa shape index (κ3) is 0.829. The summed E-state index contributed by atoms with van der Waals surface area (Å²) in [6, 6.07) is 3.92. The highest BCUT2D eigenvalue weighted by atomic mass is 14.7. The van der Waals surface area contributed by atoms with Gasteiger partial charge in [-0.25, -0.2) is 0 Å². The fraction of sp³-hybridized carbons (Fsp3) is 0.333. The Morgan fingerprint density at radius 2 is 2.71 bits per heavy atom. The molecule has 0 aromatic carbocycles. The summed E-state index contributed by atoms with van der Waals surface area (Å²) in [7, 11) is 0. The van der Waals surface area contributed by atoms with Gasteiger partial charge in [0, 0.05) is 5.69 Å². The monoisotopic (exact) mass is 94.1 g/mol. The molecule has 1 radical (unpaired) electrons. The molecule has 37 valence electrons. The molecule has 0 aliphatic rings. The van der Waals surface area contributed by atoms with Gasteiger partial charge in [0.1, 0.15) is 0 Å². The van der Waals surface area contributed by atoms with E-state index in [1.807, 2.05) is 12.1 Å². The predicted molar refractivity (Wildman–Crippen MR) is 29.0 cm³/mol. The molecule has 1 N–H and O–H groups in total. The van der Waals surface area contributed by atoms with Crippen LogP contribution in [0.15, 0.2) is 12.1 Å². The van der Waals surface area contributed by atoms with Crippen molar-refractivity contribution in [1.29, 1.82) is 0 Å². The first-order valence-electron chi connectivity index (χ1n) is 2.47. The number of rotatable bonds is 1. The standard InChI is InChI=1S/C6H8N/c1-2-6-4-3-5-7-6/h3-4,7H,2H2,1H3. The number of hydrogen-bond donors (Lipinski definition) is 1. The topological polar surface area (TPSA) is 15.8 Å². The van der Waals surface area contributed by atoms with Crippen LogP contribution >= 0.6 is 0 Å². The molecule has 7 heavy (non-hydrogen) atoms. The van der Waals surface area contributed by atoms with E-state index in [0.717, 1.165) is 6.42 Å². The van der Waals surface area contributed by atoms with Crippen LogP contribution in [0.2, 0.25) is 0 Å². The van der Waals surface area contributed by atoms with Gasteiger partial charge < -0.3 is 4.98 Å². The quantitative estimate of drug-likeness (QED) is 0.541. The largest absolute Gasteiger partial charge is 0.357 e. The van der Waals surface area contributed by atoms with E-state index < -0.39 is 0 Å². The van der Waals surface area contributed by atoms with Gasteiger partial charge >= 0.3 is 0 Å². The summed E-state index contributed by atoms with van der Waals surface area (Å²) in [5.41, 5.74) is 1.25. The van der Waals surface area contributed by atoms with Crippen LogP contribution in [0.1, 0.15) is 12.6 Å². The van der Waals surface area contributed by atoms with Crippen LogP contribution in [0.4, 0.5) is 0 Å². The molecule has 0 aliphatic carbocycles. The zero-order chi connectivity index (χ0) is 5.11. The number of nitrogens with one attached hydrogen (secondary N) is 1. The zero-order valence-corrected chi connectivity index (χ0v) is 4.36. The molecule has 0 unspecified atom stereocenters. The molecule has 0 bridgehead atoms. The molecule has 0 amide bonds. The Labute approximate surface area is 43.4 Å². The van der Waals surface area contributed by atoms with E-state index in [1.165, 1.54) is 5.69 Å². The summed E-state index contributed by atoms with van der Waals surface area (Å²) in [4.78, 5) is 2.96. The molecule has 0 saturated carbocycles. The van der Waals surface area contributed by atoms with E-state index in [0.29, 0.717) is 0 Å². The highest BCUT2D eigenvalue weighted by Crippen LogP contribution is 1.91. The number of hydrogen-bond acceptors (Lipinski definition) is 0. The summed E-state index contributed by atoms with van der Waals surface area (Å²) in [6.45, 7) is 2.11. The Morgan fingerprint density at radius 3 is 3.00 bits per heavy atom. The van der Waals surface area contributed by atoms with Gasteiger partial charge in [-0.1, -0.05) is 6.92 Å². The average molecular weight is 94.1 g/mol. The van der Waals surface area contributed by atoms with Crippen LogP contribution in [-0.4, -0.2) is 4.98 Å². The first-order chi connectivity index (χ1) is 3.43. The summed E-state index contributed by atoms with van der Waals surface area (Å²) in [6.07, 6.45) is 3.93. The number of aromatic nitrogens is 1. The molecule has 1 aromatic heterocycles. The van der Waals surface area contributed by atoms with Crippen molar-refractivity contribution in [3.8, 4) is 0 Å². The van der Waals surface area contributed by atoms with Crippen molar-refractivity contribution in [1.82, 2.24) is 4.98 Å². The van der Waals surface area contributed by atoms with E-state index in [9.17, 15) is 0 Å². The van der Waals surface area contributed by atoms with E-state index >= 15 is 0 Å². The Bertz CT molecular complexity index is 119. The smallest absolute Gasteiger partial charge is 0.0621 e. The molecule has 0 saturated heterocycles. The summed E-state index contributed by atoms with van der Waals surface area (Å²) < 4.78 is 0. The second-order valence-corrected chi connectivity index (χ2v) is 1.48. The third-order valence-electron chi connectivity index (χ3n) is 0.981. The van der Waals surface area contributed by atoms with Gasteiger partial charge in [0.25, 0.3) is 0 Å². The first kappa shape index (κ1) is 4.44. The minimum atomic E-state index is 1.07. The molecule has 1 heteroatoms. The van der Waals surface area contributed by atoms with Gasteiger partial charge in [-0.05, 0) is 18.6 Å². The third-order valence-corrected chi connectivity index (χ3v) is 0.981. The second-order valence-electron chi connectivity index (χ2n) is 1.48. The Balaban J connectivity index is 2.76. The molecule has 0 spiro atoms. The summed E-state index contributed by atoms with van der Waals surface area (Å²) in [5.74, 6) is 0. The summed E-state index contributed by atoms with van der Waals surface area (Å²) in [5, 5.41) is 0. The molecular formula is C6H8N. The predicted octanol–water partition coefficient (Wildman–Crippen LogP) is 1.38. The zero-order valence-electron chi connectivity index (χ0n) is 4.36. The lowest BCUT2D eigenvalue weighted by Crippen LogP contribution is -1.73. The van der Waals surface area contributed by atoms with E-state index in [1.54, 1.807) is 0 Å². The highest BCUT2D eigenvalue weighted by molar-refractivity contribution is 5.01. The van der Waals surface area contributed by atoms with E-state index in [4.69, 9.17) is 0 Å². The van der Waals surface area contributed by atoms with Crippen LogP contribution in [0, 0.1) is 6.20 Å². The van der Waals surface area contributed by atoms with Crippen molar-refractivity contribution in [2.75, 3.05) is 0 Å². The molecule has 1 nitrogen and oxygen atoms in total. The highest BCUT2D eigenvalue weighted by Gasteiger charge is 1.81. The van der Waals surface area contributed by atoms with Crippen molar-refractivity contribution in [3.05, 3.63) is 24.0 Å². The molecule has 1 heterocycles. The normalized spacial score (nSPS) is 9.29. The van der Waals surface area contributed by atoms with Gasteiger partial charge in [-0.15, -0.1) is 0 Å². The minimum absolute atomic E-state index is 1.07. The average Bonchev–Trinajstić information content (AvgIpc) is 2.14. The second kappa shape index (κ2) is 1.82. The Morgan fingerprint density at radius 1 is 1.86 bits per heavy atom. The maximum Gasteiger partial charge on any atom is 0.0621 e. The van der Waals surface area contributed by atoms with Crippen molar-refractivity contribution in [2.24, 2.45) is 0 Å². The lowest BCUT2D eigenvalue weighted by atomic mass is 10.4. The maximum absolute atomic E-state index is 2.96. The van der Waals surface area contributed by atoms with Crippen LogP contribution in [-0.2, 0) is 6.42 Å². The van der Waals surface area contributed by atoms with Gasteiger partial charge in [0.2, 0.25) is 0 Å². The van der Waals surface area contributed by atoms with Crippen molar-refractivity contribution >= 4 is 0 Å². The lowest BCUT2D eigenvalue weighted by molar-refractivity contribution is 1.06. The lowest BCUT2D eigenvalue weighted by Gasteiger charge is -1.81. The number of aryl methyl sites for hydroxylation is 1. The van der Waals surface area contributed by atoms with Gasteiger partial charge in [0.05, 0.1) is 6.20 Å². The molecule has 0 aliphatic heterocycles. The van der Waals surface area contributed by atoms with Crippen LogP contribution in [0.3, 0.4) is 0 Å². The first-order valence-corrected chi connectivity index (χ1v) is 2.47. The van der Waals surface area contributed by atoms with Gasteiger partial charge in [0.15, 0.2) is 0 Å². The van der Waals surface area contributed by atoms with E-state index in [-0.39, 0.29) is 0 Å². The molecule has 1 rings (SSSR count).